The lowest BCUT2D eigenvalue weighted by molar-refractivity contribution is -0.129. The highest BCUT2D eigenvalue weighted by Gasteiger charge is 2.42. The summed E-state index contributed by atoms with van der Waals surface area (Å²) in [5.74, 6) is 0.524. The Hall–Kier alpha value is -1.33. The molecule has 3 rings (SSSR count). The Labute approximate surface area is 113 Å². The van der Waals surface area contributed by atoms with Gasteiger partial charge in [0, 0.05) is 6.54 Å². The summed E-state index contributed by atoms with van der Waals surface area (Å²) in [6.45, 7) is 2.55. The van der Waals surface area contributed by atoms with Crippen molar-refractivity contribution in [3.8, 4) is 0 Å². The molecule has 0 saturated carbocycles. The molecule has 0 spiro atoms. The number of hydrogen-bond donors (Lipinski definition) is 0. The maximum atomic E-state index is 12.7. The predicted molar refractivity (Wildman–Crippen MR) is 71.8 cm³/mol. The number of hydroxylamine groups is 2. The molecule has 2 heterocycles. The van der Waals surface area contributed by atoms with Gasteiger partial charge in [-0.2, -0.15) is 0 Å². The van der Waals surface area contributed by atoms with Crippen LogP contribution in [0.2, 0.25) is 0 Å². The van der Waals surface area contributed by atoms with Crippen LogP contribution in [0.25, 0.3) is 0 Å². The van der Waals surface area contributed by atoms with E-state index in [0.717, 1.165) is 25.8 Å². The Kier molecular flexibility index (Phi) is 3.11. The fourth-order valence-electron chi connectivity index (χ4n) is 2.83. The van der Waals surface area contributed by atoms with Crippen LogP contribution in [0.1, 0.15) is 26.2 Å². The van der Waals surface area contributed by atoms with Crippen LogP contribution in [-0.4, -0.2) is 26.1 Å². The quantitative estimate of drug-likeness (QED) is 0.834. The summed E-state index contributed by atoms with van der Waals surface area (Å²) in [5.41, 5.74) is 0. The molecule has 1 atom stereocenters. The molecule has 0 aliphatic carbocycles. The van der Waals surface area contributed by atoms with Crippen LogP contribution in [0, 0.1) is 0 Å². The first-order chi connectivity index (χ1) is 9.10. The van der Waals surface area contributed by atoms with Crippen molar-refractivity contribution in [2.45, 2.75) is 37.1 Å². The summed E-state index contributed by atoms with van der Waals surface area (Å²) in [7, 11) is -3.45. The van der Waals surface area contributed by atoms with Crippen LogP contribution in [0.15, 0.2) is 45.9 Å². The summed E-state index contributed by atoms with van der Waals surface area (Å²) >= 11 is 0. The van der Waals surface area contributed by atoms with Crippen molar-refractivity contribution in [3.05, 3.63) is 41.0 Å². The van der Waals surface area contributed by atoms with E-state index in [4.69, 9.17) is 4.84 Å². The Bertz CT molecular complexity index is 607. The van der Waals surface area contributed by atoms with Gasteiger partial charge in [0.2, 0.25) is 9.84 Å². The van der Waals surface area contributed by atoms with E-state index < -0.39 is 9.84 Å². The molecule has 2 aliphatic rings. The highest BCUT2D eigenvalue weighted by Crippen LogP contribution is 2.38. The van der Waals surface area contributed by atoms with E-state index in [9.17, 15) is 8.42 Å². The van der Waals surface area contributed by atoms with Crippen molar-refractivity contribution in [1.29, 1.82) is 0 Å². The largest absolute Gasteiger partial charge is 0.409 e. The Morgan fingerprint density at radius 3 is 2.68 bits per heavy atom. The van der Waals surface area contributed by atoms with Crippen LogP contribution in [0.4, 0.5) is 0 Å². The molecule has 0 radical (unpaired) electrons. The van der Waals surface area contributed by atoms with Gasteiger partial charge in [-0.3, -0.25) is 0 Å². The zero-order valence-electron chi connectivity index (χ0n) is 10.9. The summed E-state index contributed by atoms with van der Waals surface area (Å²) < 4.78 is 25.5. The number of nitrogens with zero attached hydrogens (tertiary/aromatic N) is 1. The molecule has 1 saturated heterocycles. The van der Waals surface area contributed by atoms with Gasteiger partial charge < -0.3 is 4.84 Å². The van der Waals surface area contributed by atoms with Crippen molar-refractivity contribution in [2.24, 2.45) is 0 Å². The van der Waals surface area contributed by atoms with Crippen LogP contribution in [0.5, 0.6) is 0 Å². The Morgan fingerprint density at radius 1 is 1.21 bits per heavy atom. The summed E-state index contributed by atoms with van der Waals surface area (Å²) in [6, 6.07) is 8.48. The van der Waals surface area contributed by atoms with Crippen LogP contribution in [-0.2, 0) is 14.7 Å². The number of allylic oxidation sites excluding steroid dienone is 1. The van der Waals surface area contributed by atoms with E-state index in [1.807, 2.05) is 11.1 Å². The minimum atomic E-state index is -3.45. The van der Waals surface area contributed by atoms with Gasteiger partial charge in [0.05, 0.1) is 10.9 Å². The number of rotatable bonds is 2. The van der Waals surface area contributed by atoms with Crippen molar-refractivity contribution < 1.29 is 13.3 Å². The zero-order valence-corrected chi connectivity index (χ0v) is 11.7. The van der Waals surface area contributed by atoms with Crippen molar-refractivity contribution in [2.75, 3.05) is 6.54 Å². The molecule has 0 amide bonds. The van der Waals surface area contributed by atoms with Gasteiger partial charge in [-0.1, -0.05) is 18.2 Å². The topological polar surface area (TPSA) is 46.6 Å². The Balaban J connectivity index is 2.03. The standard InChI is InChI=1S/C14H17NO3S/c1-11-14(13-9-5-6-10-15(13)18-11)19(16,17)12-7-3-2-4-8-12/h2-4,7-8,13H,5-6,9-10H2,1H3. The van der Waals surface area contributed by atoms with Crippen LogP contribution < -0.4 is 0 Å². The van der Waals surface area contributed by atoms with E-state index in [1.165, 1.54) is 0 Å². The molecule has 0 N–H and O–H groups in total. The molecule has 1 unspecified atom stereocenters. The molecule has 0 bridgehead atoms. The second-order valence-corrected chi connectivity index (χ2v) is 6.90. The minimum absolute atomic E-state index is 0.112. The van der Waals surface area contributed by atoms with E-state index in [1.54, 1.807) is 31.2 Å². The van der Waals surface area contributed by atoms with Crippen LogP contribution >= 0.6 is 0 Å². The Morgan fingerprint density at radius 2 is 1.95 bits per heavy atom. The summed E-state index contributed by atoms with van der Waals surface area (Å²) in [4.78, 5) is 6.41. The number of sulfone groups is 1. The monoisotopic (exact) mass is 279 g/mol. The SMILES string of the molecule is CC1=C(S(=O)(=O)c2ccccc2)C2CCCCN2O1. The van der Waals surface area contributed by atoms with Gasteiger partial charge in [-0.15, -0.1) is 5.06 Å². The second kappa shape index (κ2) is 4.65. The molecule has 2 aliphatic heterocycles. The lowest BCUT2D eigenvalue weighted by Gasteiger charge is -2.28. The van der Waals surface area contributed by atoms with Gasteiger partial charge in [-0.25, -0.2) is 8.42 Å². The lowest BCUT2D eigenvalue weighted by atomic mass is 10.0. The number of piperidine rings is 1. The molecule has 1 fully saturated rings. The van der Waals surface area contributed by atoms with Crippen molar-refractivity contribution in [1.82, 2.24) is 5.06 Å². The fraction of sp³-hybridized carbons (Fsp3) is 0.429. The van der Waals surface area contributed by atoms with E-state index in [-0.39, 0.29) is 6.04 Å². The molecule has 102 valence electrons. The first kappa shape index (κ1) is 12.7. The number of hydrogen-bond acceptors (Lipinski definition) is 4. The lowest BCUT2D eigenvalue weighted by Crippen LogP contribution is -2.36. The smallest absolute Gasteiger partial charge is 0.207 e. The number of fused-ring (bicyclic) bond motifs is 1. The fourth-order valence-corrected chi connectivity index (χ4v) is 4.61. The average molecular weight is 279 g/mol. The number of benzene rings is 1. The normalized spacial score (nSPS) is 24.2. The maximum absolute atomic E-state index is 12.7. The van der Waals surface area contributed by atoms with Gasteiger partial charge in [0.15, 0.2) is 0 Å². The van der Waals surface area contributed by atoms with Gasteiger partial charge >= 0.3 is 0 Å². The molecule has 0 aromatic heterocycles. The van der Waals surface area contributed by atoms with Crippen molar-refractivity contribution >= 4 is 9.84 Å². The van der Waals surface area contributed by atoms with Gasteiger partial charge in [0.1, 0.15) is 10.7 Å². The first-order valence-electron chi connectivity index (χ1n) is 6.56. The summed E-state index contributed by atoms with van der Waals surface area (Å²) in [5, 5.41) is 1.81. The third kappa shape index (κ3) is 2.07. The van der Waals surface area contributed by atoms with Gasteiger partial charge in [0.25, 0.3) is 0 Å². The molecule has 4 nitrogen and oxygen atoms in total. The zero-order chi connectivity index (χ0) is 13.5. The minimum Gasteiger partial charge on any atom is -0.409 e. The molecule has 19 heavy (non-hydrogen) atoms. The molecular formula is C14H17NO3S. The average Bonchev–Trinajstić information content (AvgIpc) is 2.76. The molecular weight excluding hydrogens is 262 g/mol. The third-order valence-electron chi connectivity index (χ3n) is 3.70. The van der Waals surface area contributed by atoms with E-state index >= 15 is 0 Å². The highest BCUT2D eigenvalue weighted by molar-refractivity contribution is 7.95. The van der Waals surface area contributed by atoms with Crippen LogP contribution in [0.3, 0.4) is 0 Å². The second-order valence-electron chi connectivity index (χ2n) is 4.98. The summed E-state index contributed by atoms with van der Waals surface area (Å²) in [6.07, 6.45) is 2.95. The van der Waals surface area contributed by atoms with Gasteiger partial charge in [-0.05, 0) is 38.3 Å². The van der Waals surface area contributed by atoms with Crippen molar-refractivity contribution in [3.63, 3.8) is 0 Å². The predicted octanol–water partition coefficient (Wildman–Crippen LogP) is 2.49. The van der Waals surface area contributed by atoms with E-state index in [2.05, 4.69) is 0 Å². The highest BCUT2D eigenvalue weighted by atomic mass is 32.2. The third-order valence-corrected chi connectivity index (χ3v) is 5.73. The maximum Gasteiger partial charge on any atom is 0.207 e. The molecule has 1 aromatic carbocycles. The first-order valence-corrected chi connectivity index (χ1v) is 8.04. The van der Waals surface area contributed by atoms with E-state index in [0.29, 0.717) is 15.6 Å². The molecule has 1 aromatic rings. The molecule has 5 heteroatoms.